The van der Waals surface area contributed by atoms with Crippen molar-refractivity contribution >= 4 is 32.7 Å². The third-order valence-corrected chi connectivity index (χ3v) is 5.90. The van der Waals surface area contributed by atoms with E-state index in [0.29, 0.717) is 0 Å². The molecule has 2 aromatic heterocycles. The third kappa shape index (κ3) is 3.29. The lowest BCUT2D eigenvalue weighted by molar-refractivity contribution is -0.133. The van der Waals surface area contributed by atoms with Gasteiger partial charge in [-0.25, -0.2) is 9.97 Å². The number of pyridine rings is 1. The molecule has 3 heterocycles. The van der Waals surface area contributed by atoms with E-state index in [4.69, 9.17) is 9.97 Å². The Labute approximate surface area is 157 Å². The first-order valence-electron chi connectivity index (χ1n) is 8.91. The van der Waals surface area contributed by atoms with Crippen molar-refractivity contribution in [3.8, 4) is 11.3 Å². The molecule has 0 aliphatic carbocycles. The summed E-state index contributed by atoms with van der Waals surface area (Å²) in [5, 5.41) is 1.01. The van der Waals surface area contributed by atoms with E-state index in [1.807, 2.05) is 44.4 Å². The molecule has 5 nitrogen and oxygen atoms in total. The van der Waals surface area contributed by atoms with Gasteiger partial charge in [-0.2, -0.15) is 0 Å². The van der Waals surface area contributed by atoms with Crippen LogP contribution in [0.5, 0.6) is 0 Å². The Morgan fingerprint density at radius 1 is 1.08 bits per heavy atom. The molecule has 1 aliphatic heterocycles. The molecule has 0 bridgehead atoms. The summed E-state index contributed by atoms with van der Waals surface area (Å²) < 4.78 is 0. The zero-order valence-electron chi connectivity index (χ0n) is 15.1. The van der Waals surface area contributed by atoms with Crippen molar-refractivity contribution < 1.29 is 4.79 Å². The van der Waals surface area contributed by atoms with Gasteiger partial charge >= 0.3 is 0 Å². The predicted octanol–water partition coefficient (Wildman–Crippen LogP) is 3.66. The summed E-state index contributed by atoms with van der Waals surface area (Å²) in [6.45, 7) is 1.74. The van der Waals surface area contributed by atoms with Gasteiger partial charge in [0, 0.05) is 38.7 Å². The maximum absolute atomic E-state index is 12.1. The number of piperidine rings is 1. The number of hydrogen-bond donors (Lipinski definition) is 0. The normalized spacial score (nSPS) is 15.4. The third-order valence-electron chi connectivity index (χ3n) is 4.87. The van der Waals surface area contributed by atoms with Crippen molar-refractivity contribution in [2.24, 2.45) is 5.92 Å². The van der Waals surface area contributed by atoms with Crippen LogP contribution < -0.4 is 4.90 Å². The van der Waals surface area contributed by atoms with Crippen LogP contribution in [0.4, 0.5) is 5.13 Å². The number of carbonyl (C=O) groups excluding carboxylic acids is 1. The highest BCUT2D eigenvalue weighted by Gasteiger charge is 2.27. The molecule has 0 unspecified atom stereocenters. The van der Waals surface area contributed by atoms with Gasteiger partial charge in [0.05, 0.1) is 5.69 Å². The van der Waals surface area contributed by atoms with Crippen molar-refractivity contribution in [1.82, 2.24) is 14.9 Å². The maximum Gasteiger partial charge on any atom is 0.225 e. The van der Waals surface area contributed by atoms with Crippen LogP contribution in [0.2, 0.25) is 0 Å². The van der Waals surface area contributed by atoms with E-state index in [1.165, 1.54) is 0 Å². The lowest BCUT2D eigenvalue weighted by atomic mass is 9.96. The number of fused-ring (bicyclic) bond motifs is 1. The molecule has 3 aromatic rings. The molecule has 26 heavy (non-hydrogen) atoms. The highest BCUT2D eigenvalue weighted by atomic mass is 32.1. The largest absolute Gasteiger partial charge is 0.349 e. The standard InChI is InChI=1S/C20H22N4OS/c1-23(2)19(25)15-10-12-24(13-11-15)20-22-17-9-8-16(21-18(17)26-20)14-6-4-3-5-7-14/h3-9,15H,10-13H2,1-2H3. The fraction of sp³-hybridized carbons (Fsp3) is 0.350. The van der Waals surface area contributed by atoms with E-state index >= 15 is 0 Å². The van der Waals surface area contributed by atoms with Gasteiger partial charge in [-0.1, -0.05) is 41.7 Å². The molecule has 0 saturated carbocycles. The number of carbonyl (C=O) groups is 1. The van der Waals surface area contributed by atoms with E-state index in [0.717, 1.165) is 52.7 Å². The van der Waals surface area contributed by atoms with Crippen LogP contribution in [-0.2, 0) is 4.79 Å². The van der Waals surface area contributed by atoms with Crippen molar-refractivity contribution in [1.29, 1.82) is 0 Å². The second kappa shape index (κ2) is 7.03. The monoisotopic (exact) mass is 366 g/mol. The average molecular weight is 366 g/mol. The van der Waals surface area contributed by atoms with Crippen molar-refractivity contribution in [3.63, 3.8) is 0 Å². The second-order valence-electron chi connectivity index (χ2n) is 6.88. The van der Waals surface area contributed by atoms with Crippen molar-refractivity contribution in [3.05, 3.63) is 42.5 Å². The predicted molar refractivity (Wildman–Crippen MR) is 106 cm³/mol. The lowest BCUT2D eigenvalue weighted by Gasteiger charge is -2.32. The minimum absolute atomic E-state index is 0.137. The Balaban J connectivity index is 1.52. The Kier molecular flexibility index (Phi) is 4.59. The number of benzene rings is 1. The summed E-state index contributed by atoms with van der Waals surface area (Å²) in [7, 11) is 3.66. The lowest BCUT2D eigenvalue weighted by Crippen LogP contribution is -2.40. The molecular formula is C20H22N4OS. The van der Waals surface area contributed by atoms with Gasteiger partial charge in [0.1, 0.15) is 10.3 Å². The molecular weight excluding hydrogens is 344 g/mol. The summed E-state index contributed by atoms with van der Waals surface area (Å²) in [5.74, 6) is 0.376. The minimum atomic E-state index is 0.137. The molecule has 0 atom stereocenters. The first-order chi connectivity index (χ1) is 12.6. The van der Waals surface area contributed by atoms with Gasteiger partial charge in [-0.05, 0) is 25.0 Å². The van der Waals surface area contributed by atoms with Crippen molar-refractivity contribution in [2.75, 3.05) is 32.1 Å². The Morgan fingerprint density at radius 2 is 1.81 bits per heavy atom. The van der Waals surface area contributed by atoms with Gasteiger partial charge < -0.3 is 9.80 Å². The number of thiazole rings is 1. The average Bonchev–Trinajstić information content (AvgIpc) is 3.11. The Bertz CT molecular complexity index is 914. The van der Waals surface area contributed by atoms with Gasteiger partial charge in [0.25, 0.3) is 0 Å². The van der Waals surface area contributed by atoms with E-state index in [2.05, 4.69) is 17.0 Å². The minimum Gasteiger partial charge on any atom is -0.349 e. The zero-order chi connectivity index (χ0) is 18.1. The summed E-state index contributed by atoms with van der Waals surface area (Å²) >= 11 is 1.64. The number of anilines is 1. The first-order valence-corrected chi connectivity index (χ1v) is 9.72. The van der Waals surface area contributed by atoms with Crippen LogP contribution in [-0.4, -0.2) is 48.0 Å². The molecule has 1 aliphatic rings. The highest BCUT2D eigenvalue weighted by molar-refractivity contribution is 7.21. The number of nitrogens with zero attached hydrogens (tertiary/aromatic N) is 4. The van der Waals surface area contributed by atoms with Crippen LogP contribution in [0.25, 0.3) is 21.6 Å². The van der Waals surface area contributed by atoms with Gasteiger partial charge in [0.15, 0.2) is 5.13 Å². The van der Waals surface area contributed by atoms with E-state index in [-0.39, 0.29) is 11.8 Å². The highest BCUT2D eigenvalue weighted by Crippen LogP contribution is 2.32. The van der Waals surface area contributed by atoms with Gasteiger partial charge in [-0.15, -0.1) is 0 Å². The number of hydrogen-bond acceptors (Lipinski definition) is 5. The summed E-state index contributed by atoms with van der Waals surface area (Å²) in [6, 6.07) is 14.3. The number of rotatable bonds is 3. The van der Waals surface area contributed by atoms with Gasteiger partial charge in [0.2, 0.25) is 5.91 Å². The summed E-state index contributed by atoms with van der Waals surface area (Å²) in [6.07, 6.45) is 1.77. The second-order valence-corrected chi connectivity index (χ2v) is 7.83. The maximum atomic E-state index is 12.1. The smallest absolute Gasteiger partial charge is 0.225 e. The fourth-order valence-corrected chi connectivity index (χ4v) is 4.38. The molecule has 1 fully saturated rings. The topological polar surface area (TPSA) is 49.3 Å². The van der Waals surface area contributed by atoms with E-state index in [9.17, 15) is 4.79 Å². The fourth-order valence-electron chi connectivity index (χ4n) is 3.39. The molecule has 0 N–H and O–H groups in total. The molecule has 4 rings (SSSR count). The van der Waals surface area contributed by atoms with E-state index < -0.39 is 0 Å². The van der Waals surface area contributed by atoms with E-state index in [1.54, 1.807) is 16.2 Å². The van der Waals surface area contributed by atoms with Crippen LogP contribution in [0.15, 0.2) is 42.5 Å². The zero-order valence-corrected chi connectivity index (χ0v) is 15.9. The molecule has 6 heteroatoms. The van der Waals surface area contributed by atoms with Gasteiger partial charge in [-0.3, -0.25) is 4.79 Å². The van der Waals surface area contributed by atoms with Crippen LogP contribution in [0.3, 0.4) is 0 Å². The van der Waals surface area contributed by atoms with Crippen LogP contribution in [0.1, 0.15) is 12.8 Å². The first kappa shape index (κ1) is 17.0. The summed E-state index contributed by atoms with van der Waals surface area (Å²) in [5.41, 5.74) is 3.03. The molecule has 134 valence electrons. The Morgan fingerprint density at radius 3 is 2.50 bits per heavy atom. The molecule has 1 amide bonds. The summed E-state index contributed by atoms with van der Waals surface area (Å²) in [4.78, 5) is 26.6. The Hall–Kier alpha value is -2.47. The quantitative estimate of drug-likeness (QED) is 0.710. The number of aromatic nitrogens is 2. The molecule has 1 saturated heterocycles. The number of amides is 1. The van der Waals surface area contributed by atoms with Crippen LogP contribution in [0, 0.1) is 5.92 Å². The van der Waals surface area contributed by atoms with Crippen LogP contribution >= 0.6 is 11.3 Å². The SMILES string of the molecule is CN(C)C(=O)C1CCN(c2nc3ccc(-c4ccccc4)nc3s2)CC1. The van der Waals surface area contributed by atoms with Crippen molar-refractivity contribution in [2.45, 2.75) is 12.8 Å². The molecule has 1 aromatic carbocycles. The molecule has 0 radical (unpaired) electrons. The molecule has 0 spiro atoms.